The lowest BCUT2D eigenvalue weighted by molar-refractivity contribution is 0.0853. The minimum absolute atomic E-state index is 0.381. The lowest BCUT2D eigenvalue weighted by Crippen LogP contribution is -2.22. The Labute approximate surface area is 158 Å². The van der Waals surface area contributed by atoms with Crippen molar-refractivity contribution in [2.75, 3.05) is 36.5 Å². The van der Waals surface area contributed by atoms with Crippen LogP contribution in [0.1, 0.15) is 36.3 Å². The van der Waals surface area contributed by atoms with Crippen molar-refractivity contribution in [1.82, 2.24) is 9.97 Å². The number of alkyl halides is 1. The Morgan fingerprint density at radius 3 is 2.78 bits per heavy atom. The van der Waals surface area contributed by atoms with Crippen LogP contribution < -0.4 is 10.2 Å². The summed E-state index contributed by atoms with van der Waals surface area (Å²) in [6.45, 7) is 2.57. The summed E-state index contributed by atoms with van der Waals surface area (Å²) in [5.41, 5.74) is 1.72. The molecular weight excluding hydrogens is 345 g/mol. The van der Waals surface area contributed by atoms with E-state index in [2.05, 4.69) is 27.4 Å². The number of aromatic nitrogens is 2. The molecular formula is C20H22FN5O. The second kappa shape index (κ2) is 7.89. The number of nitriles is 1. The van der Waals surface area contributed by atoms with Crippen molar-refractivity contribution in [1.29, 1.82) is 5.26 Å². The van der Waals surface area contributed by atoms with Gasteiger partial charge in [-0.1, -0.05) is 0 Å². The highest BCUT2D eigenvalue weighted by molar-refractivity contribution is 5.59. The van der Waals surface area contributed by atoms with E-state index in [0.29, 0.717) is 42.6 Å². The Hall–Kier alpha value is -2.72. The minimum atomic E-state index is -0.802. The van der Waals surface area contributed by atoms with Crippen LogP contribution in [-0.2, 0) is 4.74 Å². The third-order valence-corrected chi connectivity index (χ3v) is 5.13. The summed E-state index contributed by atoms with van der Waals surface area (Å²) in [6, 6.07) is 9.58. The number of rotatable bonds is 4. The summed E-state index contributed by atoms with van der Waals surface area (Å²) in [5, 5.41) is 12.3. The van der Waals surface area contributed by atoms with Gasteiger partial charge in [0.1, 0.15) is 23.6 Å². The average molecular weight is 367 g/mol. The number of nitrogens with zero attached hydrogens (tertiary/aromatic N) is 4. The number of pyridine rings is 2. The van der Waals surface area contributed by atoms with E-state index in [9.17, 15) is 4.39 Å². The normalized spacial score (nSPS) is 20.4. The van der Waals surface area contributed by atoms with E-state index in [4.69, 9.17) is 10.00 Å². The van der Waals surface area contributed by atoms with Crippen LogP contribution in [-0.4, -0.2) is 42.4 Å². The van der Waals surface area contributed by atoms with Gasteiger partial charge in [-0.25, -0.2) is 14.4 Å². The Morgan fingerprint density at radius 1 is 1.19 bits per heavy atom. The lowest BCUT2D eigenvalue weighted by Gasteiger charge is -2.25. The van der Waals surface area contributed by atoms with E-state index < -0.39 is 6.17 Å². The molecule has 0 aliphatic carbocycles. The smallest absolute Gasteiger partial charge is 0.134 e. The summed E-state index contributed by atoms with van der Waals surface area (Å²) < 4.78 is 19.2. The Balaban J connectivity index is 1.65. The van der Waals surface area contributed by atoms with Gasteiger partial charge in [0.15, 0.2) is 0 Å². The highest BCUT2D eigenvalue weighted by Crippen LogP contribution is 2.32. The summed E-state index contributed by atoms with van der Waals surface area (Å²) in [4.78, 5) is 11.0. The van der Waals surface area contributed by atoms with Crippen molar-refractivity contribution in [3.63, 3.8) is 0 Å². The van der Waals surface area contributed by atoms with Crippen LogP contribution in [0.2, 0.25) is 0 Å². The van der Waals surface area contributed by atoms with Gasteiger partial charge in [0.2, 0.25) is 0 Å². The first kappa shape index (κ1) is 17.7. The van der Waals surface area contributed by atoms with Crippen molar-refractivity contribution in [3.05, 3.63) is 41.6 Å². The predicted octanol–water partition coefficient (Wildman–Crippen LogP) is 3.53. The fraction of sp³-hybridized carbons (Fsp3) is 0.450. The first-order valence-corrected chi connectivity index (χ1v) is 9.33. The van der Waals surface area contributed by atoms with E-state index in [1.807, 2.05) is 11.0 Å². The molecule has 27 heavy (non-hydrogen) atoms. The Morgan fingerprint density at radius 2 is 2.04 bits per heavy atom. The van der Waals surface area contributed by atoms with Gasteiger partial charge in [0.05, 0.1) is 18.2 Å². The number of hydrogen-bond acceptors (Lipinski definition) is 6. The molecule has 6 nitrogen and oxygen atoms in total. The number of anilines is 3. The monoisotopic (exact) mass is 367 g/mol. The van der Waals surface area contributed by atoms with Crippen molar-refractivity contribution < 1.29 is 9.13 Å². The van der Waals surface area contributed by atoms with Gasteiger partial charge in [-0.2, -0.15) is 5.26 Å². The van der Waals surface area contributed by atoms with Crippen LogP contribution in [0.5, 0.6) is 0 Å². The molecule has 140 valence electrons. The highest BCUT2D eigenvalue weighted by atomic mass is 19.1. The van der Waals surface area contributed by atoms with E-state index >= 15 is 0 Å². The van der Waals surface area contributed by atoms with Gasteiger partial charge in [0.25, 0.3) is 0 Å². The van der Waals surface area contributed by atoms with Gasteiger partial charge in [-0.3, -0.25) is 0 Å². The maximum absolute atomic E-state index is 13.7. The van der Waals surface area contributed by atoms with Gasteiger partial charge in [-0.15, -0.1) is 0 Å². The standard InChI is InChI=1S/C20H22FN5O/c21-17-2-6-26(13-17)20-11-16(15-3-7-27-8-4-15)10-19(25-20)24-18-9-14(12-22)1-5-23-18/h1,5,9-11,15,17H,2-4,6-8,13H2,(H,23,24,25). The van der Waals surface area contributed by atoms with E-state index in [-0.39, 0.29) is 0 Å². The average Bonchev–Trinajstić information content (AvgIpc) is 3.15. The van der Waals surface area contributed by atoms with Crippen molar-refractivity contribution >= 4 is 17.5 Å². The summed E-state index contributed by atoms with van der Waals surface area (Å²) in [5.74, 6) is 2.43. The van der Waals surface area contributed by atoms with Gasteiger partial charge >= 0.3 is 0 Å². The van der Waals surface area contributed by atoms with Crippen LogP contribution in [0.4, 0.5) is 21.8 Å². The van der Waals surface area contributed by atoms with E-state index in [1.54, 1.807) is 18.3 Å². The summed E-state index contributed by atoms with van der Waals surface area (Å²) in [6.07, 6.45) is 3.27. The van der Waals surface area contributed by atoms with Crippen LogP contribution in [0.15, 0.2) is 30.5 Å². The van der Waals surface area contributed by atoms with Crippen molar-refractivity contribution in [3.8, 4) is 6.07 Å². The molecule has 4 heterocycles. The van der Waals surface area contributed by atoms with Crippen molar-refractivity contribution in [2.24, 2.45) is 0 Å². The van der Waals surface area contributed by atoms with E-state index in [0.717, 1.165) is 31.9 Å². The molecule has 2 fully saturated rings. The number of hydrogen-bond donors (Lipinski definition) is 1. The maximum atomic E-state index is 13.7. The number of halogens is 1. The zero-order valence-electron chi connectivity index (χ0n) is 15.1. The molecule has 0 spiro atoms. The molecule has 1 unspecified atom stereocenters. The van der Waals surface area contributed by atoms with Crippen molar-refractivity contribution in [2.45, 2.75) is 31.4 Å². The first-order valence-electron chi connectivity index (χ1n) is 9.33. The molecule has 7 heteroatoms. The van der Waals surface area contributed by atoms with Crippen LogP contribution >= 0.6 is 0 Å². The zero-order chi connectivity index (χ0) is 18.6. The molecule has 2 saturated heterocycles. The fourth-order valence-corrected chi connectivity index (χ4v) is 3.65. The summed E-state index contributed by atoms with van der Waals surface area (Å²) >= 11 is 0. The number of ether oxygens (including phenoxy) is 1. The Kier molecular flexibility index (Phi) is 5.16. The molecule has 2 aliphatic heterocycles. The highest BCUT2D eigenvalue weighted by Gasteiger charge is 2.25. The SMILES string of the molecule is N#Cc1ccnc(Nc2cc(C3CCOCC3)cc(N3CCC(F)C3)n2)c1. The molecule has 0 amide bonds. The molecule has 2 aromatic heterocycles. The third kappa shape index (κ3) is 4.17. The first-order chi connectivity index (χ1) is 13.2. The van der Waals surface area contributed by atoms with E-state index in [1.165, 1.54) is 5.56 Å². The van der Waals surface area contributed by atoms with Crippen LogP contribution in [0.25, 0.3) is 0 Å². The summed E-state index contributed by atoms with van der Waals surface area (Å²) in [7, 11) is 0. The molecule has 0 aromatic carbocycles. The van der Waals surface area contributed by atoms with Crippen LogP contribution in [0, 0.1) is 11.3 Å². The van der Waals surface area contributed by atoms with Gasteiger partial charge in [0, 0.05) is 26.0 Å². The second-order valence-electron chi connectivity index (χ2n) is 7.03. The van der Waals surface area contributed by atoms with Gasteiger partial charge in [-0.05, 0) is 55.0 Å². The molecule has 2 aliphatic rings. The third-order valence-electron chi connectivity index (χ3n) is 5.13. The van der Waals surface area contributed by atoms with Crippen LogP contribution in [0.3, 0.4) is 0 Å². The number of nitrogens with one attached hydrogen (secondary N) is 1. The molecule has 1 atom stereocenters. The molecule has 0 radical (unpaired) electrons. The van der Waals surface area contributed by atoms with Gasteiger partial charge < -0.3 is 15.0 Å². The second-order valence-corrected chi connectivity index (χ2v) is 7.03. The fourth-order valence-electron chi connectivity index (χ4n) is 3.65. The zero-order valence-corrected chi connectivity index (χ0v) is 15.1. The molecule has 0 bridgehead atoms. The maximum Gasteiger partial charge on any atom is 0.134 e. The topological polar surface area (TPSA) is 74.1 Å². The Bertz CT molecular complexity index is 824. The predicted molar refractivity (Wildman–Crippen MR) is 101 cm³/mol. The molecule has 4 rings (SSSR count). The lowest BCUT2D eigenvalue weighted by atomic mass is 9.92. The quantitative estimate of drug-likeness (QED) is 0.891. The minimum Gasteiger partial charge on any atom is -0.381 e. The molecule has 1 N–H and O–H groups in total. The largest absolute Gasteiger partial charge is 0.381 e. The molecule has 0 saturated carbocycles. The molecule has 2 aromatic rings.